The van der Waals surface area contributed by atoms with Crippen molar-refractivity contribution in [3.8, 4) is 16.9 Å². The van der Waals surface area contributed by atoms with Gasteiger partial charge in [-0.1, -0.05) is 29.3 Å². The van der Waals surface area contributed by atoms with E-state index >= 15 is 0 Å². The average molecular weight is 391 g/mol. The fourth-order valence-corrected chi connectivity index (χ4v) is 3.34. The topological polar surface area (TPSA) is 8.81 Å². The molecule has 0 spiro atoms. The van der Waals surface area contributed by atoms with Gasteiger partial charge in [-0.05, 0) is 49.7 Å². The molecule has 0 amide bonds. The minimum Gasteiger partial charge on any atom is -0.233 e. The third-order valence-corrected chi connectivity index (χ3v) is 4.59. The van der Waals surface area contributed by atoms with Crippen LogP contribution in [-0.2, 0) is 13.0 Å². The summed E-state index contributed by atoms with van der Waals surface area (Å²) < 4.78 is 4.76. The van der Waals surface area contributed by atoms with Crippen LogP contribution in [0.5, 0.6) is 0 Å². The monoisotopic (exact) mass is 389 g/mol. The Morgan fingerprint density at radius 3 is 2.39 bits per heavy atom. The summed E-state index contributed by atoms with van der Waals surface area (Å²) in [5, 5.41) is 0.775. The van der Waals surface area contributed by atoms with Crippen molar-refractivity contribution < 1.29 is 4.57 Å². The second kappa shape index (κ2) is 6.50. The van der Waals surface area contributed by atoms with E-state index in [1.54, 1.807) is 0 Å². The molecule has 118 valence electrons. The number of imidazole rings is 1. The van der Waals surface area contributed by atoms with E-state index in [0.29, 0.717) is 0 Å². The molecule has 23 heavy (non-hydrogen) atoms. The SMILES string of the molecule is Br.Cc1ccc(-n2c(-c3ccc(Cl)cc3)c[n+]3c2CCC3)cc1. The third-order valence-electron chi connectivity index (χ3n) is 4.34. The van der Waals surface area contributed by atoms with Gasteiger partial charge in [-0.2, -0.15) is 4.57 Å². The molecule has 0 fully saturated rings. The highest BCUT2D eigenvalue weighted by atomic mass is 79.9. The van der Waals surface area contributed by atoms with Crippen molar-refractivity contribution in [2.45, 2.75) is 26.3 Å². The van der Waals surface area contributed by atoms with Crippen molar-refractivity contribution >= 4 is 28.6 Å². The zero-order valence-electron chi connectivity index (χ0n) is 13.0. The second-order valence-corrected chi connectivity index (χ2v) is 6.34. The van der Waals surface area contributed by atoms with Crippen LogP contribution in [0.1, 0.15) is 17.8 Å². The molecular weight excluding hydrogens is 372 g/mol. The number of aryl methyl sites for hydroxylation is 2. The van der Waals surface area contributed by atoms with E-state index in [0.717, 1.165) is 18.0 Å². The van der Waals surface area contributed by atoms with Gasteiger partial charge in [0.15, 0.2) is 5.69 Å². The second-order valence-electron chi connectivity index (χ2n) is 5.91. The summed E-state index contributed by atoms with van der Waals surface area (Å²) in [6.45, 7) is 3.23. The van der Waals surface area contributed by atoms with E-state index < -0.39 is 0 Å². The van der Waals surface area contributed by atoms with Gasteiger partial charge in [0.25, 0.3) is 5.82 Å². The van der Waals surface area contributed by atoms with E-state index in [1.165, 1.54) is 34.8 Å². The highest BCUT2D eigenvalue weighted by molar-refractivity contribution is 8.93. The zero-order chi connectivity index (χ0) is 15.1. The number of hydrogen-bond acceptors (Lipinski definition) is 0. The molecule has 2 heterocycles. The number of nitrogens with zero attached hydrogens (tertiary/aromatic N) is 2. The van der Waals surface area contributed by atoms with E-state index in [-0.39, 0.29) is 17.0 Å². The first-order chi connectivity index (χ1) is 10.7. The van der Waals surface area contributed by atoms with Crippen molar-refractivity contribution in [3.05, 3.63) is 71.1 Å². The fraction of sp³-hybridized carbons (Fsp3) is 0.211. The van der Waals surface area contributed by atoms with Crippen LogP contribution >= 0.6 is 28.6 Å². The molecule has 2 aromatic carbocycles. The molecule has 0 unspecified atom stereocenters. The third kappa shape index (κ3) is 2.96. The first kappa shape index (κ1) is 16.3. The minimum atomic E-state index is 0. The molecule has 4 heteroatoms. The van der Waals surface area contributed by atoms with Gasteiger partial charge in [0, 0.05) is 10.6 Å². The molecule has 0 bridgehead atoms. The molecular formula is C19H19BrClN2+. The van der Waals surface area contributed by atoms with Gasteiger partial charge in [0.1, 0.15) is 11.9 Å². The van der Waals surface area contributed by atoms with Crippen LogP contribution in [0.3, 0.4) is 0 Å². The van der Waals surface area contributed by atoms with Gasteiger partial charge in [0.2, 0.25) is 0 Å². The Kier molecular flexibility index (Phi) is 4.60. The fourth-order valence-electron chi connectivity index (χ4n) is 3.21. The average Bonchev–Trinajstić information content (AvgIpc) is 3.10. The van der Waals surface area contributed by atoms with E-state index in [1.807, 2.05) is 12.1 Å². The van der Waals surface area contributed by atoms with Crippen molar-refractivity contribution in [1.29, 1.82) is 0 Å². The van der Waals surface area contributed by atoms with Crippen molar-refractivity contribution in [2.24, 2.45) is 0 Å². The molecule has 3 aromatic rings. The van der Waals surface area contributed by atoms with Gasteiger partial charge >= 0.3 is 0 Å². The Morgan fingerprint density at radius 2 is 1.70 bits per heavy atom. The standard InChI is InChI=1S/C19H18ClN2.BrH/c1-14-4-10-17(11-5-14)22-18(13-21-12-2-3-19(21)22)15-6-8-16(20)9-7-15;/h4-11,13H,2-3,12H2,1H3;1H/q+1;. The summed E-state index contributed by atoms with van der Waals surface area (Å²) in [5.41, 5.74) is 4.95. The lowest BCUT2D eigenvalue weighted by molar-refractivity contribution is -0.689. The molecule has 1 aromatic heterocycles. The molecule has 0 radical (unpaired) electrons. The number of aromatic nitrogens is 2. The predicted octanol–water partition coefficient (Wildman–Crippen LogP) is 4.92. The van der Waals surface area contributed by atoms with E-state index in [9.17, 15) is 0 Å². The molecule has 2 nitrogen and oxygen atoms in total. The molecule has 0 saturated carbocycles. The number of benzene rings is 2. The molecule has 0 saturated heterocycles. The molecule has 1 aliphatic rings. The van der Waals surface area contributed by atoms with Crippen molar-refractivity contribution in [1.82, 2.24) is 4.57 Å². The molecule has 0 atom stereocenters. The smallest absolute Gasteiger partial charge is 0.233 e. The van der Waals surface area contributed by atoms with Crippen LogP contribution in [-0.4, -0.2) is 4.57 Å². The summed E-state index contributed by atoms with van der Waals surface area (Å²) in [6.07, 6.45) is 4.62. The highest BCUT2D eigenvalue weighted by Gasteiger charge is 2.29. The molecule has 1 aliphatic heterocycles. The number of rotatable bonds is 2. The van der Waals surface area contributed by atoms with Gasteiger partial charge in [-0.15, -0.1) is 17.0 Å². The number of hydrogen-bond donors (Lipinski definition) is 0. The Labute approximate surface area is 152 Å². The van der Waals surface area contributed by atoms with Gasteiger partial charge in [0.05, 0.1) is 13.0 Å². The summed E-state index contributed by atoms with van der Waals surface area (Å²) in [7, 11) is 0. The Bertz CT molecular complexity index is 820. The lowest BCUT2D eigenvalue weighted by atomic mass is 10.1. The first-order valence-electron chi connectivity index (χ1n) is 7.69. The first-order valence-corrected chi connectivity index (χ1v) is 8.07. The Hall–Kier alpha value is -1.58. The van der Waals surface area contributed by atoms with E-state index in [2.05, 4.69) is 58.7 Å². The zero-order valence-corrected chi connectivity index (χ0v) is 15.5. The lowest BCUT2D eigenvalue weighted by Gasteiger charge is -2.05. The van der Waals surface area contributed by atoms with Gasteiger partial charge < -0.3 is 0 Å². The van der Waals surface area contributed by atoms with Crippen LogP contribution in [0.25, 0.3) is 16.9 Å². The maximum absolute atomic E-state index is 6.04. The van der Waals surface area contributed by atoms with Crippen LogP contribution < -0.4 is 4.57 Å². The van der Waals surface area contributed by atoms with Crippen LogP contribution in [0.15, 0.2) is 54.7 Å². The maximum atomic E-state index is 6.04. The van der Waals surface area contributed by atoms with Crippen LogP contribution in [0.4, 0.5) is 0 Å². The summed E-state index contributed by atoms with van der Waals surface area (Å²) >= 11 is 6.04. The Morgan fingerprint density at radius 1 is 1.00 bits per heavy atom. The minimum absolute atomic E-state index is 0. The maximum Gasteiger partial charge on any atom is 0.262 e. The molecule has 4 rings (SSSR count). The van der Waals surface area contributed by atoms with Gasteiger partial charge in [-0.3, -0.25) is 0 Å². The van der Waals surface area contributed by atoms with Crippen molar-refractivity contribution in [3.63, 3.8) is 0 Å². The summed E-state index contributed by atoms with van der Waals surface area (Å²) in [6, 6.07) is 16.9. The summed E-state index contributed by atoms with van der Waals surface area (Å²) in [5.74, 6) is 1.38. The van der Waals surface area contributed by atoms with Crippen LogP contribution in [0.2, 0.25) is 5.02 Å². The normalized spacial score (nSPS) is 12.8. The molecule has 0 N–H and O–H groups in total. The predicted molar refractivity (Wildman–Crippen MR) is 99.8 cm³/mol. The van der Waals surface area contributed by atoms with Gasteiger partial charge in [-0.25, -0.2) is 4.57 Å². The number of fused-ring (bicyclic) bond motifs is 1. The quantitative estimate of drug-likeness (QED) is 0.549. The number of halogens is 2. The van der Waals surface area contributed by atoms with E-state index in [4.69, 9.17) is 11.6 Å². The van der Waals surface area contributed by atoms with Crippen LogP contribution in [0, 0.1) is 6.92 Å². The molecule has 0 aliphatic carbocycles. The largest absolute Gasteiger partial charge is 0.262 e. The Balaban J connectivity index is 0.00000156. The lowest BCUT2D eigenvalue weighted by Crippen LogP contribution is -2.30. The highest BCUT2D eigenvalue weighted by Crippen LogP contribution is 2.27. The summed E-state index contributed by atoms with van der Waals surface area (Å²) in [4.78, 5) is 0. The van der Waals surface area contributed by atoms with Crippen molar-refractivity contribution in [2.75, 3.05) is 0 Å².